The number of benzene rings is 1. The molecule has 5 rings (SSSR count). The molecule has 0 aliphatic heterocycles. The van der Waals surface area contributed by atoms with E-state index in [2.05, 4.69) is 15.3 Å². The van der Waals surface area contributed by atoms with Gasteiger partial charge < -0.3 is 20.8 Å². The van der Waals surface area contributed by atoms with Crippen molar-refractivity contribution in [3.8, 4) is 16.9 Å². The third kappa shape index (κ3) is 4.21. The van der Waals surface area contributed by atoms with Gasteiger partial charge in [-0.15, -0.1) is 0 Å². The van der Waals surface area contributed by atoms with Gasteiger partial charge in [0.2, 0.25) is 0 Å². The lowest BCUT2D eigenvalue weighted by Gasteiger charge is -2.26. The number of amides is 1. The van der Waals surface area contributed by atoms with E-state index in [0.29, 0.717) is 29.4 Å². The van der Waals surface area contributed by atoms with Crippen molar-refractivity contribution in [2.24, 2.45) is 11.7 Å². The number of nitrogens with one attached hydrogen (secondary N) is 2. The zero-order chi connectivity index (χ0) is 22.2. The summed E-state index contributed by atoms with van der Waals surface area (Å²) in [5.41, 5.74) is 10.3. The molecule has 0 spiro atoms. The number of nitrogens with zero attached hydrogens (tertiary/aromatic N) is 1. The van der Waals surface area contributed by atoms with Crippen molar-refractivity contribution in [3.05, 3.63) is 47.5 Å². The van der Waals surface area contributed by atoms with E-state index in [0.717, 1.165) is 60.9 Å². The van der Waals surface area contributed by atoms with E-state index in [1.165, 1.54) is 12.1 Å². The van der Waals surface area contributed by atoms with E-state index in [1.807, 2.05) is 13.0 Å². The van der Waals surface area contributed by atoms with Crippen molar-refractivity contribution in [1.82, 2.24) is 15.3 Å². The van der Waals surface area contributed by atoms with Crippen LogP contribution in [0.3, 0.4) is 0 Å². The molecular weight excluding hydrogens is 407 g/mol. The maximum Gasteiger partial charge on any atom is 0.255 e. The third-order valence-electron chi connectivity index (χ3n) is 6.61. The lowest BCUT2D eigenvalue weighted by molar-refractivity contribution is 0.0927. The van der Waals surface area contributed by atoms with Crippen LogP contribution in [0.4, 0.5) is 4.39 Å². The third-order valence-corrected chi connectivity index (χ3v) is 6.61. The number of hydrogen-bond donors (Lipinski definition) is 3. The van der Waals surface area contributed by atoms with Crippen molar-refractivity contribution in [3.63, 3.8) is 0 Å². The molecule has 1 amide bonds. The van der Waals surface area contributed by atoms with Gasteiger partial charge in [0.15, 0.2) is 0 Å². The first-order valence-electron chi connectivity index (χ1n) is 11.5. The molecule has 0 radical (unpaired) electrons. The number of hydrogen-bond acceptors (Lipinski definition) is 4. The summed E-state index contributed by atoms with van der Waals surface area (Å²) in [6.07, 6.45) is 7.64. The Morgan fingerprint density at radius 3 is 2.72 bits per heavy atom. The molecule has 2 fully saturated rings. The maximum absolute atomic E-state index is 14.0. The Morgan fingerprint density at radius 1 is 1.19 bits per heavy atom. The minimum absolute atomic E-state index is 0.122. The summed E-state index contributed by atoms with van der Waals surface area (Å²) >= 11 is 0. The highest BCUT2D eigenvalue weighted by molar-refractivity contribution is 6.09. The van der Waals surface area contributed by atoms with Gasteiger partial charge in [-0.1, -0.05) is 0 Å². The van der Waals surface area contributed by atoms with Gasteiger partial charge in [0, 0.05) is 41.2 Å². The average molecular weight is 437 g/mol. The Labute approximate surface area is 186 Å². The van der Waals surface area contributed by atoms with Crippen molar-refractivity contribution < 1.29 is 13.9 Å². The lowest BCUT2D eigenvalue weighted by atomic mass is 9.91. The predicted octanol–water partition coefficient (Wildman–Crippen LogP) is 4.47. The molecule has 2 aliphatic carbocycles. The lowest BCUT2D eigenvalue weighted by Crippen LogP contribution is -2.40. The molecule has 0 atom stereocenters. The Hall–Kier alpha value is -2.93. The van der Waals surface area contributed by atoms with E-state index in [1.54, 1.807) is 12.3 Å². The number of H-pyrrole nitrogens is 1. The van der Waals surface area contributed by atoms with E-state index >= 15 is 0 Å². The monoisotopic (exact) mass is 436 g/mol. The number of aryl methyl sites for hydroxylation is 1. The van der Waals surface area contributed by atoms with Crippen LogP contribution < -0.4 is 15.8 Å². The Kier molecular flexibility index (Phi) is 5.59. The first-order chi connectivity index (χ1) is 15.5. The molecule has 32 heavy (non-hydrogen) atoms. The molecule has 168 valence electrons. The quantitative estimate of drug-likeness (QED) is 0.532. The second-order valence-electron chi connectivity index (χ2n) is 9.19. The highest BCUT2D eigenvalue weighted by atomic mass is 19.1. The number of nitrogens with two attached hydrogens (primary N) is 1. The predicted molar refractivity (Wildman–Crippen MR) is 122 cm³/mol. The molecule has 2 aliphatic rings. The standard InChI is InChI=1S/C25H29FN4O2/c1-14-22(25(31)30-18-7-5-17(27)6-8-18)24-23(29-14)20(10-11-28-24)19-9-4-16(26)12-21(19)32-13-15-2-3-15/h4,9-12,15,17-18,29H,2-3,5-8,13,27H2,1H3,(H,30,31). The van der Waals surface area contributed by atoms with Gasteiger partial charge in [0.05, 0.1) is 17.7 Å². The summed E-state index contributed by atoms with van der Waals surface area (Å²) in [6, 6.07) is 6.83. The molecule has 0 saturated heterocycles. The van der Waals surface area contributed by atoms with Gasteiger partial charge in [0.25, 0.3) is 5.91 Å². The number of ether oxygens (including phenoxy) is 1. The van der Waals surface area contributed by atoms with Gasteiger partial charge in [-0.05, 0) is 69.6 Å². The van der Waals surface area contributed by atoms with Gasteiger partial charge in [-0.3, -0.25) is 9.78 Å². The molecule has 4 N–H and O–H groups in total. The second-order valence-corrected chi connectivity index (χ2v) is 9.19. The maximum atomic E-state index is 14.0. The summed E-state index contributed by atoms with van der Waals surface area (Å²) in [7, 11) is 0. The molecule has 2 aromatic heterocycles. The molecule has 2 heterocycles. The van der Waals surface area contributed by atoms with Gasteiger partial charge in [-0.2, -0.15) is 0 Å². The van der Waals surface area contributed by atoms with Crippen LogP contribution in [0.1, 0.15) is 54.6 Å². The largest absolute Gasteiger partial charge is 0.493 e. The van der Waals surface area contributed by atoms with Crippen molar-refractivity contribution >= 4 is 16.9 Å². The summed E-state index contributed by atoms with van der Waals surface area (Å²) < 4.78 is 20.0. The number of fused-ring (bicyclic) bond motifs is 1. The van der Waals surface area contributed by atoms with Crippen LogP contribution >= 0.6 is 0 Å². The van der Waals surface area contributed by atoms with E-state index in [-0.39, 0.29) is 23.8 Å². The number of rotatable bonds is 6. The summed E-state index contributed by atoms with van der Waals surface area (Å²) in [6.45, 7) is 2.47. The highest BCUT2D eigenvalue weighted by Crippen LogP contribution is 2.38. The Balaban J connectivity index is 1.48. The number of aromatic amines is 1. The molecule has 7 heteroatoms. The van der Waals surface area contributed by atoms with Crippen molar-refractivity contribution in [2.75, 3.05) is 6.61 Å². The number of halogens is 1. The van der Waals surface area contributed by atoms with Crippen LogP contribution in [0.25, 0.3) is 22.2 Å². The number of aromatic nitrogens is 2. The minimum Gasteiger partial charge on any atom is -0.493 e. The van der Waals surface area contributed by atoms with E-state index < -0.39 is 0 Å². The number of carbonyl (C=O) groups excluding carboxylic acids is 1. The van der Waals surface area contributed by atoms with Crippen molar-refractivity contribution in [2.45, 2.75) is 57.5 Å². The molecule has 6 nitrogen and oxygen atoms in total. The zero-order valence-corrected chi connectivity index (χ0v) is 18.3. The molecule has 3 aromatic rings. The van der Waals surface area contributed by atoms with Crippen molar-refractivity contribution in [1.29, 1.82) is 0 Å². The van der Waals surface area contributed by atoms with E-state index in [4.69, 9.17) is 10.5 Å². The van der Waals surface area contributed by atoms with Crippen LogP contribution in [-0.2, 0) is 0 Å². The van der Waals surface area contributed by atoms with Gasteiger partial charge >= 0.3 is 0 Å². The van der Waals surface area contributed by atoms with E-state index in [9.17, 15) is 9.18 Å². The average Bonchev–Trinajstić information content (AvgIpc) is 3.54. The molecule has 1 aromatic carbocycles. The smallest absolute Gasteiger partial charge is 0.255 e. The first-order valence-corrected chi connectivity index (χ1v) is 11.5. The highest BCUT2D eigenvalue weighted by Gasteiger charge is 2.26. The fourth-order valence-electron chi connectivity index (χ4n) is 4.56. The normalized spacial score (nSPS) is 21.0. The van der Waals surface area contributed by atoms with Crippen LogP contribution in [0, 0.1) is 18.7 Å². The molecular formula is C25H29FN4O2. The first kappa shape index (κ1) is 20.9. The number of pyridine rings is 1. The Bertz CT molecular complexity index is 1150. The fourth-order valence-corrected chi connectivity index (χ4v) is 4.56. The van der Waals surface area contributed by atoms with Crippen LogP contribution in [0.2, 0.25) is 0 Å². The molecule has 0 bridgehead atoms. The number of carbonyl (C=O) groups is 1. The molecule has 2 saturated carbocycles. The SMILES string of the molecule is Cc1[nH]c2c(-c3ccc(F)cc3OCC3CC3)ccnc2c1C(=O)NC1CCC(N)CC1. The summed E-state index contributed by atoms with van der Waals surface area (Å²) in [5.74, 6) is 0.616. The summed E-state index contributed by atoms with van der Waals surface area (Å²) in [5, 5.41) is 3.16. The topological polar surface area (TPSA) is 93.0 Å². The second kappa shape index (κ2) is 8.54. The van der Waals surface area contributed by atoms with Gasteiger partial charge in [0.1, 0.15) is 17.1 Å². The zero-order valence-electron chi connectivity index (χ0n) is 18.3. The molecule has 0 unspecified atom stereocenters. The fraction of sp³-hybridized carbons (Fsp3) is 0.440. The van der Waals surface area contributed by atoms with Crippen LogP contribution in [0.15, 0.2) is 30.5 Å². The summed E-state index contributed by atoms with van der Waals surface area (Å²) in [4.78, 5) is 21.0. The Morgan fingerprint density at radius 2 is 1.97 bits per heavy atom. The van der Waals surface area contributed by atoms with Crippen LogP contribution in [0.5, 0.6) is 5.75 Å². The van der Waals surface area contributed by atoms with Crippen LogP contribution in [-0.4, -0.2) is 34.6 Å². The minimum atomic E-state index is -0.334. The van der Waals surface area contributed by atoms with Gasteiger partial charge in [-0.25, -0.2) is 4.39 Å².